The molecule has 0 bridgehead atoms. The van der Waals surface area contributed by atoms with Crippen LogP contribution in [-0.4, -0.2) is 16.1 Å². The molecule has 0 saturated heterocycles. The molecular weight excluding hydrogens is 232 g/mol. The number of hydrogen-bond donors (Lipinski definition) is 1. The van der Waals surface area contributed by atoms with E-state index in [2.05, 4.69) is 4.98 Å². The van der Waals surface area contributed by atoms with Crippen molar-refractivity contribution in [1.82, 2.24) is 4.98 Å². The summed E-state index contributed by atoms with van der Waals surface area (Å²) in [5.41, 5.74) is 6.18. The van der Waals surface area contributed by atoms with Crippen LogP contribution in [0.25, 0.3) is 0 Å². The van der Waals surface area contributed by atoms with E-state index in [9.17, 15) is 0 Å². The second-order valence-electron chi connectivity index (χ2n) is 4.47. The maximum Gasteiger partial charge on any atom is 0.123 e. The van der Waals surface area contributed by atoms with E-state index in [0.717, 1.165) is 18.6 Å². The van der Waals surface area contributed by atoms with E-state index in [4.69, 9.17) is 22.7 Å². The summed E-state index contributed by atoms with van der Waals surface area (Å²) in [5.74, 6) is 0.828. The van der Waals surface area contributed by atoms with E-state index in [1.165, 1.54) is 25.7 Å². The molecule has 0 atom stereocenters. The Hall–Kier alpha value is -1.16. The van der Waals surface area contributed by atoms with Crippen molar-refractivity contribution in [2.24, 2.45) is 5.73 Å². The molecule has 1 saturated carbocycles. The fourth-order valence-electron chi connectivity index (χ4n) is 2.17. The summed E-state index contributed by atoms with van der Waals surface area (Å²) in [6.45, 7) is 0. The van der Waals surface area contributed by atoms with Crippen LogP contribution in [0, 0.1) is 0 Å². The highest BCUT2D eigenvalue weighted by molar-refractivity contribution is 7.80. The minimum absolute atomic E-state index is 0.316. The van der Waals surface area contributed by atoms with Gasteiger partial charge in [0.1, 0.15) is 16.4 Å². The lowest BCUT2D eigenvalue weighted by Gasteiger charge is -2.17. The summed E-state index contributed by atoms with van der Waals surface area (Å²) in [4.78, 5) is 4.42. The summed E-state index contributed by atoms with van der Waals surface area (Å²) in [6.07, 6.45) is 9.49. The maximum atomic E-state index is 5.97. The Morgan fingerprint density at radius 3 is 2.65 bits per heavy atom. The normalized spacial score (nSPS) is 17.4. The fraction of sp³-hybridized carbons (Fsp3) is 0.538. The summed E-state index contributed by atoms with van der Waals surface area (Å²) in [7, 11) is 0. The molecule has 0 radical (unpaired) electrons. The standard InChI is InChI=1S/C13H18N2OS/c14-13(17)12-9-11(7-8-15-12)16-10-5-3-1-2-4-6-10/h7-10H,1-6H2,(H2,14,17). The molecule has 3 nitrogen and oxygen atoms in total. The van der Waals surface area contributed by atoms with Gasteiger partial charge in [-0.1, -0.05) is 25.1 Å². The highest BCUT2D eigenvalue weighted by atomic mass is 32.1. The molecule has 2 N–H and O–H groups in total. The summed E-state index contributed by atoms with van der Waals surface area (Å²) in [5, 5.41) is 0. The second kappa shape index (κ2) is 5.96. The predicted octanol–water partition coefficient (Wildman–Crippen LogP) is 2.82. The average molecular weight is 250 g/mol. The highest BCUT2D eigenvalue weighted by Gasteiger charge is 2.14. The molecule has 92 valence electrons. The van der Waals surface area contributed by atoms with Crippen molar-refractivity contribution in [1.29, 1.82) is 0 Å². The number of aromatic nitrogens is 1. The van der Waals surface area contributed by atoms with Crippen molar-refractivity contribution in [2.75, 3.05) is 0 Å². The molecule has 0 spiro atoms. The number of ether oxygens (including phenoxy) is 1. The van der Waals surface area contributed by atoms with Crippen LogP contribution in [0.3, 0.4) is 0 Å². The molecule has 1 aliphatic rings. The van der Waals surface area contributed by atoms with Gasteiger partial charge in [0, 0.05) is 12.3 Å². The summed E-state index contributed by atoms with van der Waals surface area (Å²) < 4.78 is 5.97. The SMILES string of the molecule is NC(=S)c1cc(OC2CCCCCC2)ccn1. The van der Waals surface area contributed by atoms with E-state index >= 15 is 0 Å². The van der Waals surface area contributed by atoms with Crippen LogP contribution in [0.1, 0.15) is 44.2 Å². The minimum atomic E-state index is 0.316. The van der Waals surface area contributed by atoms with Crippen molar-refractivity contribution in [3.8, 4) is 5.75 Å². The van der Waals surface area contributed by atoms with Crippen molar-refractivity contribution in [3.63, 3.8) is 0 Å². The van der Waals surface area contributed by atoms with Gasteiger partial charge in [-0.15, -0.1) is 0 Å². The van der Waals surface area contributed by atoms with Crippen molar-refractivity contribution >= 4 is 17.2 Å². The molecular formula is C13H18N2OS. The number of nitrogens with zero attached hydrogens (tertiary/aromatic N) is 1. The molecule has 1 aromatic heterocycles. The molecule has 0 amide bonds. The van der Waals surface area contributed by atoms with Gasteiger partial charge < -0.3 is 10.5 Å². The summed E-state index contributed by atoms with van der Waals surface area (Å²) >= 11 is 4.91. The monoisotopic (exact) mass is 250 g/mol. The van der Waals surface area contributed by atoms with Gasteiger partial charge in [0.05, 0.1) is 6.10 Å². The van der Waals surface area contributed by atoms with Crippen LogP contribution in [-0.2, 0) is 0 Å². The largest absolute Gasteiger partial charge is 0.490 e. The Morgan fingerprint density at radius 1 is 1.29 bits per heavy atom. The van der Waals surface area contributed by atoms with Gasteiger partial charge in [-0.25, -0.2) is 0 Å². The van der Waals surface area contributed by atoms with E-state index in [1.807, 2.05) is 12.1 Å². The topological polar surface area (TPSA) is 48.1 Å². The first kappa shape index (κ1) is 12.3. The maximum absolute atomic E-state index is 5.97. The van der Waals surface area contributed by atoms with E-state index in [1.54, 1.807) is 6.20 Å². The molecule has 1 heterocycles. The van der Waals surface area contributed by atoms with Crippen LogP contribution >= 0.6 is 12.2 Å². The second-order valence-corrected chi connectivity index (χ2v) is 4.91. The highest BCUT2D eigenvalue weighted by Crippen LogP contribution is 2.22. The Bertz CT molecular complexity index is 387. The smallest absolute Gasteiger partial charge is 0.123 e. The Balaban J connectivity index is 2.01. The van der Waals surface area contributed by atoms with Crippen molar-refractivity contribution in [2.45, 2.75) is 44.6 Å². The van der Waals surface area contributed by atoms with Crippen LogP contribution in [0.15, 0.2) is 18.3 Å². The lowest BCUT2D eigenvalue weighted by atomic mass is 10.1. The Labute approximate surface area is 107 Å². The van der Waals surface area contributed by atoms with Gasteiger partial charge >= 0.3 is 0 Å². The predicted molar refractivity (Wildman–Crippen MR) is 72.2 cm³/mol. The third-order valence-electron chi connectivity index (χ3n) is 3.09. The fourth-order valence-corrected chi connectivity index (χ4v) is 2.28. The van der Waals surface area contributed by atoms with Crippen LogP contribution < -0.4 is 10.5 Å². The number of hydrogen-bond acceptors (Lipinski definition) is 3. The quantitative estimate of drug-likeness (QED) is 0.662. The number of rotatable bonds is 3. The molecule has 2 rings (SSSR count). The molecule has 0 aromatic carbocycles. The minimum Gasteiger partial charge on any atom is -0.490 e. The number of pyridine rings is 1. The molecule has 17 heavy (non-hydrogen) atoms. The van der Waals surface area contributed by atoms with E-state index in [0.29, 0.717) is 16.8 Å². The van der Waals surface area contributed by atoms with Gasteiger partial charge in [-0.3, -0.25) is 4.98 Å². The lowest BCUT2D eigenvalue weighted by molar-refractivity contribution is 0.183. The molecule has 0 unspecified atom stereocenters. The Morgan fingerprint density at radius 2 is 2.00 bits per heavy atom. The number of thiocarbonyl (C=S) groups is 1. The van der Waals surface area contributed by atoms with Gasteiger partial charge in [0.25, 0.3) is 0 Å². The summed E-state index contributed by atoms with van der Waals surface area (Å²) in [6, 6.07) is 3.69. The third kappa shape index (κ3) is 3.66. The van der Waals surface area contributed by atoms with Gasteiger partial charge in [0.15, 0.2) is 0 Å². The lowest BCUT2D eigenvalue weighted by Crippen LogP contribution is -2.16. The van der Waals surface area contributed by atoms with Gasteiger partial charge in [-0.2, -0.15) is 0 Å². The first-order valence-corrected chi connectivity index (χ1v) is 6.59. The molecule has 4 heteroatoms. The van der Waals surface area contributed by atoms with Crippen LogP contribution in [0.2, 0.25) is 0 Å². The molecule has 1 aromatic rings. The molecule has 0 aliphatic heterocycles. The Kier molecular flexibility index (Phi) is 4.31. The average Bonchev–Trinajstić information content (AvgIpc) is 2.58. The van der Waals surface area contributed by atoms with E-state index in [-0.39, 0.29) is 0 Å². The zero-order valence-corrected chi connectivity index (χ0v) is 10.7. The van der Waals surface area contributed by atoms with Crippen molar-refractivity contribution in [3.05, 3.63) is 24.0 Å². The van der Waals surface area contributed by atoms with Gasteiger partial charge in [0.2, 0.25) is 0 Å². The van der Waals surface area contributed by atoms with Crippen molar-refractivity contribution < 1.29 is 4.74 Å². The first-order valence-electron chi connectivity index (χ1n) is 6.18. The first-order chi connectivity index (χ1) is 8.25. The van der Waals surface area contributed by atoms with Crippen LogP contribution in [0.4, 0.5) is 0 Å². The number of nitrogens with two attached hydrogens (primary N) is 1. The van der Waals surface area contributed by atoms with Crippen LogP contribution in [0.5, 0.6) is 5.75 Å². The molecule has 1 fully saturated rings. The zero-order chi connectivity index (χ0) is 12.1. The third-order valence-corrected chi connectivity index (χ3v) is 3.30. The van der Waals surface area contributed by atoms with E-state index < -0.39 is 0 Å². The van der Waals surface area contributed by atoms with Gasteiger partial charge in [-0.05, 0) is 31.7 Å². The zero-order valence-electron chi connectivity index (χ0n) is 9.89. The molecule has 1 aliphatic carbocycles.